The van der Waals surface area contributed by atoms with Crippen molar-refractivity contribution in [3.8, 4) is 11.1 Å². The molecule has 0 saturated heterocycles. The summed E-state index contributed by atoms with van der Waals surface area (Å²) in [6.45, 7) is 3.28. The highest BCUT2D eigenvalue weighted by Gasteiger charge is 2.32. The van der Waals surface area contributed by atoms with Gasteiger partial charge < -0.3 is 24.9 Å². The van der Waals surface area contributed by atoms with Crippen molar-refractivity contribution in [2.45, 2.75) is 32.7 Å². The van der Waals surface area contributed by atoms with Crippen LogP contribution in [-0.4, -0.2) is 41.2 Å². The molecule has 0 fully saturated rings. The number of rotatable bonds is 9. The molecule has 35 heavy (non-hydrogen) atoms. The number of carbonyl (C=O) groups excluding carboxylic acids is 2. The molecule has 1 aliphatic carbocycles. The molecule has 182 valence electrons. The first-order chi connectivity index (χ1) is 16.8. The van der Waals surface area contributed by atoms with Crippen molar-refractivity contribution >= 4 is 18.0 Å². The minimum atomic E-state index is -1.10. The van der Waals surface area contributed by atoms with Crippen LogP contribution in [0.1, 0.15) is 53.6 Å². The van der Waals surface area contributed by atoms with E-state index in [1.54, 1.807) is 13.8 Å². The molecule has 4 rings (SSSR count). The lowest BCUT2D eigenvalue weighted by Gasteiger charge is -2.22. The fourth-order valence-electron chi connectivity index (χ4n) is 4.09. The molecule has 1 aliphatic rings. The van der Waals surface area contributed by atoms with E-state index in [2.05, 4.69) is 27.8 Å². The van der Waals surface area contributed by atoms with Gasteiger partial charge in [0.15, 0.2) is 17.8 Å². The topological polar surface area (TPSA) is 131 Å². The van der Waals surface area contributed by atoms with Crippen LogP contribution in [0.25, 0.3) is 11.1 Å². The quantitative estimate of drug-likeness (QED) is 0.425. The number of oxazole rings is 1. The monoisotopic (exact) mass is 477 g/mol. The first kappa shape index (κ1) is 24.0. The van der Waals surface area contributed by atoms with E-state index < -0.39 is 23.4 Å². The van der Waals surface area contributed by atoms with Gasteiger partial charge >= 0.3 is 12.1 Å². The van der Waals surface area contributed by atoms with Crippen LogP contribution < -0.4 is 10.6 Å². The maximum absolute atomic E-state index is 12.5. The zero-order chi connectivity index (χ0) is 25.0. The van der Waals surface area contributed by atoms with Gasteiger partial charge in [0.25, 0.3) is 5.91 Å². The molecule has 0 bridgehead atoms. The Morgan fingerprint density at radius 1 is 1.06 bits per heavy atom. The van der Waals surface area contributed by atoms with Gasteiger partial charge in [-0.05, 0) is 35.6 Å². The zero-order valence-corrected chi connectivity index (χ0v) is 19.5. The minimum absolute atomic E-state index is 0.0206. The van der Waals surface area contributed by atoms with E-state index in [0.29, 0.717) is 6.42 Å². The molecule has 0 aliphatic heterocycles. The molecule has 0 spiro atoms. The number of carboxylic acid groups (broad SMARTS) is 1. The number of nitrogens with one attached hydrogen (secondary N) is 2. The molecule has 0 radical (unpaired) electrons. The second-order valence-electron chi connectivity index (χ2n) is 8.71. The standard InChI is InChI=1S/C26H27N3O6/c1-3-26(2,24(31)32)14-28-23(30)22-21(35-15-29-22)12-27-25(33)34-13-20-18-10-6-4-8-16(18)17-9-5-7-11-19(17)20/h4-11,15,20H,3,12-14H2,1-2H3,(H,27,33)(H,28,30)(H,31,32). The second kappa shape index (κ2) is 10.0. The molecule has 1 atom stereocenters. The number of carboxylic acids is 1. The van der Waals surface area contributed by atoms with Gasteiger partial charge in [-0.25, -0.2) is 9.78 Å². The largest absolute Gasteiger partial charge is 0.481 e. The van der Waals surface area contributed by atoms with Crippen LogP contribution in [-0.2, 0) is 16.1 Å². The van der Waals surface area contributed by atoms with Gasteiger partial charge in [-0.15, -0.1) is 0 Å². The van der Waals surface area contributed by atoms with Gasteiger partial charge in [0.1, 0.15) is 6.61 Å². The van der Waals surface area contributed by atoms with E-state index in [9.17, 15) is 19.5 Å². The summed E-state index contributed by atoms with van der Waals surface area (Å²) < 4.78 is 10.7. The molecule has 9 nitrogen and oxygen atoms in total. The SMILES string of the molecule is CCC(C)(CNC(=O)c1ncoc1CNC(=O)OCC1c2ccccc2-c2ccccc21)C(=O)O. The van der Waals surface area contributed by atoms with Gasteiger partial charge in [0.05, 0.1) is 12.0 Å². The number of hydrogen-bond acceptors (Lipinski definition) is 6. The zero-order valence-electron chi connectivity index (χ0n) is 19.5. The molecule has 3 N–H and O–H groups in total. The van der Waals surface area contributed by atoms with Crippen LogP contribution >= 0.6 is 0 Å². The third-order valence-electron chi connectivity index (χ3n) is 6.53. The summed E-state index contributed by atoms with van der Waals surface area (Å²) in [5.74, 6) is -1.51. The van der Waals surface area contributed by atoms with Crippen LogP contribution in [0.2, 0.25) is 0 Å². The number of carbonyl (C=O) groups is 3. The first-order valence-electron chi connectivity index (χ1n) is 11.4. The predicted molar refractivity (Wildman–Crippen MR) is 127 cm³/mol. The number of hydrogen-bond donors (Lipinski definition) is 3. The number of amides is 2. The van der Waals surface area contributed by atoms with Crippen molar-refractivity contribution in [3.05, 3.63) is 77.5 Å². The minimum Gasteiger partial charge on any atom is -0.481 e. The average Bonchev–Trinajstić information content (AvgIpc) is 3.47. The second-order valence-corrected chi connectivity index (χ2v) is 8.71. The summed E-state index contributed by atoms with van der Waals surface area (Å²) >= 11 is 0. The summed E-state index contributed by atoms with van der Waals surface area (Å²) in [6.07, 6.45) is 0.788. The molecule has 0 saturated carbocycles. The van der Waals surface area contributed by atoms with Crippen LogP contribution in [0.5, 0.6) is 0 Å². The molecule has 2 amide bonds. The number of nitrogens with zero attached hydrogens (tertiary/aromatic N) is 1. The normalized spacial score (nSPS) is 13.9. The number of ether oxygens (including phenoxy) is 1. The van der Waals surface area contributed by atoms with Crippen molar-refractivity contribution in [3.63, 3.8) is 0 Å². The maximum atomic E-state index is 12.5. The van der Waals surface area contributed by atoms with E-state index in [1.165, 1.54) is 0 Å². The molecule has 1 unspecified atom stereocenters. The number of alkyl carbamates (subject to hydrolysis) is 1. The molecule has 2 aromatic carbocycles. The Bertz CT molecular complexity index is 1210. The summed E-state index contributed by atoms with van der Waals surface area (Å²) in [7, 11) is 0. The highest BCUT2D eigenvalue weighted by atomic mass is 16.5. The molecular formula is C26H27N3O6. The number of benzene rings is 2. The summed E-state index contributed by atoms with van der Waals surface area (Å²) in [6, 6.07) is 16.1. The van der Waals surface area contributed by atoms with Gasteiger partial charge in [-0.3, -0.25) is 9.59 Å². The fraction of sp³-hybridized carbons (Fsp3) is 0.308. The van der Waals surface area contributed by atoms with Crippen molar-refractivity contribution in [1.82, 2.24) is 15.6 Å². The predicted octanol–water partition coefficient (Wildman–Crippen LogP) is 3.94. The Balaban J connectivity index is 1.33. The van der Waals surface area contributed by atoms with E-state index >= 15 is 0 Å². The van der Waals surface area contributed by atoms with E-state index in [-0.39, 0.29) is 37.1 Å². The van der Waals surface area contributed by atoms with E-state index in [1.807, 2.05) is 36.4 Å². The van der Waals surface area contributed by atoms with Gasteiger partial charge in [0, 0.05) is 12.5 Å². The molecule has 1 aromatic heterocycles. The number of fused-ring (bicyclic) bond motifs is 3. The highest BCUT2D eigenvalue weighted by Crippen LogP contribution is 2.44. The van der Waals surface area contributed by atoms with Crippen LogP contribution in [0, 0.1) is 5.41 Å². The van der Waals surface area contributed by atoms with Crippen molar-refractivity contribution in [2.75, 3.05) is 13.2 Å². The van der Waals surface area contributed by atoms with E-state index in [0.717, 1.165) is 28.6 Å². The lowest BCUT2D eigenvalue weighted by molar-refractivity contribution is -0.147. The Labute approximate surface area is 202 Å². The van der Waals surface area contributed by atoms with Gasteiger partial charge in [-0.1, -0.05) is 55.5 Å². The smallest absolute Gasteiger partial charge is 0.407 e. The van der Waals surface area contributed by atoms with Crippen LogP contribution in [0.15, 0.2) is 59.3 Å². The molecule has 3 aromatic rings. The molecular weight excluding hydrogens is 450 g/mol. The number of aliphatic carboxylic acids is 1. The first-order valence-corrected chi connectivity index (χ1v) is 11.4. The van der Waals surface area contributed by atoms with Crippen molar-refractivity contribution in [1.29, 1.82) is 0 Å². The Kier molecular flexibility index (Phi) is 6.86. The van der Waals surface area contributed by atoms with Crippen molar-refractivity contribution in [2.24, 2.45) is 5.41 Å². The fourth-order valence-corrected chi connectivity index (χ4v) is 4.09. The molecule has 1 heterocycles. The van der Waals surface area contributed by atoms with Gasteiger partial charge in [-0.2, -0.15) is 0 Å². The Hall–Kier alpha value is -4.14. The summed E-state index contributed by atoms with van der Waals surface area (Å²) in [5.41, 5.74) is 3.37. The van der Waals surface area contributed by atoms with Gasteiger partial charge in [0.2, 0.25) is 0 Å². The average molecular weight is 478 g/mol. The number of aromatic nitrogens is 1. The van der Waals surface area contributed by atoms with Crippen LogP contribution in [0.4, 0.5) is 4.79 Å². The van der Waals surface area contributed by atoms with Crippen LogP contribution in [0.3, 0.4) is 0 Å². The third kappa shape index (κ3) is 4.89. The Morgan fingerprint density at radius 3 is 2.29 bits per heavy atom. The Morgan fingerprint density at radius 2 is 1.69 bits per heavy atom. The highest BCUT2D eigenvalue weighted by molar-refractivity contribution is 5.93. The third-order valence-corrected chi connectivity index (χ3v) is 6.53. The van der Waals surface area contributed by atoms with Crippen molar-refractivity contribution < 1.29 is 28.6 Å². The lowest BCUT2D eigenvalue weighted by Crippen LogP contribution is -2.41. The maximum Gasteiger partial charge on any atom is 0.407 e. The lowest BCUT2D eigenvalue weighted by atomic mass is 9.88. The van der Waals surface area contributed by atoms with E-state index in [4.69, 9.17) is 9.15 Å². The summed E-state index contributed by atoms with van der Waals surface area (Å²) in [4.78, 5) is 40.3. The molecule has 9 heteroatoms. The summed E-state index contributed by atoms with van der Waals surface area (Å²) in [5, 5.41) is 14.5.